The fourth-order valence-electron chi connectivity index (χ4n) is 5.55. The molecule has 1 aliphatic heterocycles. The second kappa shape index (κ2) is 15.4. The second-order valence-electron chi connectivity index (χ2n) is 12.4. The van der Waals surface area contributed by atoms with Crippen LogP contribution in [-0.4, -0.2) is 103 Å². The van der Waals surface area contributed by atoms with E-state index in [1.54, 1.807) is 24.6 Å². The number of ether oxygens (including phenoxy) is 2. The van der Waals surface area contributed by atoms with Crippen molar-refractivity contribution in [3.63, 3.8) is 0 Å². The predicted octanol–water partition coefficient (Wildman–Crippen LogP) is 2.94. The maximum atomic E-state index is 14.4. The summed E-state index contributed by atoms with van der Waals surface area (Å²) < 4.78 is 76.0. The third kappa shape index (κ3) is 8.55. The van der Waals surface area contributed by atoms with Crippen LogP contribution in [0.4, 0.5) is 5.69 Å². The first-order chi connectivity index (χ1) is 22.5. The molecule has 4 atom stereocenters. The quantitative estimate of drug-likeness (QED) is 0.333. The van der Waals surface area contributed by atoms with Crippen LogP contribution < -0.4 is 9.46 Å². The molecule has 0 aliphatic carbocycles. The lowest BCUT2D eigenvalue weighted by molar-refractivity contribution is -0.00835. The average Bonchev–Trinajstić information content (AvgIpc) is 3.63. The number of nitrogens with one attached hydrogen (secondary N) is 1. The van der Waals surface area contributed by atoms with E-state index in [1.165, 1.54) is 54.8 Å². The number of sulfonamides is 2. The predicted molar refractivity (Wildman–Crippen MR) is 177 cm³/mol. The SMILES string of the molecule is Cc1noc(C)c1S(=O)(=O)Nc1ccc2c(c1)C(=O)N([C@@H](C)CO)C[C@H](C)[C@H](CN(C)S(=O)(=O)c1cn(C)cn1)OCCCC[C@@H](C)O2. The molecule has 0 unspecified atom stereocenters. The van der Waals surface area contributed by atoms with Crippen molar-refractivity contribution in [3.8, 4) is 5.75 Å². The van der Waals surface area contributed by atoms with Gasteiger partial charge in [-0.3, -0.25) is 9.52 Å². The van der Waals surface area contributed by atoms with Crippen molar-refractivity contribution in [3.05, 3.63) is 47.7 Å². The van der Waals surface area contributed by atoms with Crippen molar-refractivity contribution in [2.24, 2.45) is 13.0 Å². The number of amides is 1. The van der Waals surface area contributed by atoms with E-state index in [4.69, 9.17) is 14.0 Å². The Bertz CT molecular complexity index is 1770. The van der Waals surface area contributed by atoms with E-state index in [2.05, 4.69) is 14.9 Å². The highest BCUT2D eigenvalue weighted by Crippen LogP contribution is 2.30. The van der Waals surface area contributed by atoms with Gasteiger partial charge >= 0.3 is 0 Å². The molecule has 0 spiro atoms. The number of fused-ring (bicyclic) bond motifs is 1. The zero-order chi connectivity index (χ0) is 35.4. The van der Waals surface area contributed by atoms with E-state index < -0.39 is 44.0 Å². The molecule has 0 saturated carbocycles. The minimum atomic E-state index is -4.12. The van der Waals surface area contributed by atoms with Crippen LogP contribution >= 0.6 is 0 Å². The number of likely N-dealkylation sites (N-methyl/N-ethyl adjacent to an activating group) is 1. The molecule has 0 bridgehead atoms. The van der Waals surface area contributed by atoms with Crippen molar-refractivity contribution in [1.29, 1.82) is 0 Å². The van der Waals surface area contributed by atoms with Crippen LogP contribution in [0.2, 0.25) is 0 Å². The topological polar surface area (TPSA) is 186 Å². The molecule has 266 valence electrons. The Morgan fingerprint density at radius 1 is 1.17 bits per heavy atom. The standard InChI is InChI=1S/C31H46N6O9S2/c1-20-15-37(21(2)18-38)31(39)26-14-25(34-47(40,41)30-23(4)33-46-24(30)5)11-12-27(26)45-22(3)10-8-9-13-44-28(20)16-36(7)48(42,43)29-17-35(6)19-32-29/h11-12,14,17,19-22,28,34,38H,8-10,13,15-16,18H2,1-7H3/t20-,21-,22+,28-/m0/s1. The Hall–Kier alpha value is -3.51. The number of rotatable bonds is 9. The number of hydrogen-bond donors (Lipinski definition) is 2. The molecule has 0 saturated heterocycles. The molecule has 4 rings (SSSR count). The highest BCUT2D eigenvalue weighted by Gasteiger charge is 2.33. The Morgan fingerprint density at radius 3 is 2.52 bits per heavy atom. The molecular weight excluding hydrogens is 665 g/mol. The molecule has 3 aromatic rings. The van der Waals surface area contributed by atoms with E-state index >= 15 is 0 Å². The first kappa shape index (κ1) is 37.3. The minimum Gasteiger partial charge on any atom is -0.490 e. The summed E-state index contributed by atoms with van der Waals surface area (Å²) in [6.07, 6.45) is 4.02. The molecule has 48 heavy (non-hydrogen) atoms. The highest BCUT2D eigenvalue weighted by atomic mass is 32.2. The van der Waals surface area contributed by atoms with Crippen LogP contribution in [-0.2, 0) is 31.8 Å². The number of hydrogen-bond acceptors (Lipinski definition) is 11. The third-order valence-corrected chi connectivity index (χ3v) is 11.7. The van der Waals surface area contributed by atoms with Gasteiger partial charge in [0.15, 0.2) is 15.7 Å². The fourth-order valence-corrected chi connectivity index (χ4v) is 8.07. The summed E-state index contributed by atoms with van der Waals surface area (Å²) in [5.74, 6) is -0.508. The first-order valence-electron chi connectivity index (χ1n) is 15.8. The normalized spacial score (nSPS) is 21.0. The molecule has 1 aromatic carbocycles. The lowest BCUT2D eigenvalue weighted by atomic mass is 10.0. The Morgan fingerprint density at radius 2 is 1.90 bits per heavy atom. The summed E-state index contributed by atoms with van der Waals surface area (Å²) in [5.41, 5.74) is 0.406. The van der Waals surface area contributed by atoms with Gasteiger partial charge in [0.1, 0.15) is 11.4 Å². The molecule has 3 heterocycles. The monoisotopic (exact) mass is 710 g/mol. The zero-order valence-electron chi connectivity index (χ0n) is 28.4. The molecule has 2 N–H and O–H groups in total. The summed E-state index contributed by atoms with van der Waals surface area (Å²) in [6, 6.07) is 3.82. The average molecular weight is 711 g/mol. The number of anilines is 1. The number of carbonyl (C=O) groups excluding carboxylic acids is 1. The van der Waals surface area contributed by atoms with Crippen molar-refractivity contribution in [1.82, 2.24) is 23.9 Å². The molecular formula is C31H46N6O9S2. The maximum Gasteiger partial charge on any atom is 0.267 e. The lowest BCUT2D eigenvalue weighted by Gasteiger charge is -2.35. The highest BCUT2D eigenvalue weighted by molar-refractivity contribution is 7.92. The van der Waals surface area contributed by atoms with Crippen molar-refractivity contribution in [2.45, 2.75) is 82.1 Å². The number of aryl methyl sites for hydroxylation is 3. The molecule has 15 nitrogen and oxygen atoms in total. The van der Waals surface area contributed by atoms with E-state index in [1.807, 2.05) is 13.8 Å². The number of carbonyl (C=O) groups is 1. The van der Waals surface area contributed by atoms with Gasteiger partial charge in [-0.05, 0) is 65.2 Å². The number of aliphatic hydroxyl groups excluding tert-OH is 1. The van der Waals surface area contributed by atoms with Gasteiger partial charge in [-0.25, -0.2) is 21.8 Å². The molecule has 1 aliphatic rings. The summed E-state index contributed by atoms with van der Waals surface area (Å²) in [5, 5.41) is 13.9. The maximum absolute atomic E-state index is 14.4. The summed E-state index contributed by atoms with van der Waals surface area (Å²) in [7, 11) is -4.89. The Labute approximate surface area is 282 Å². The van der Waals surface area contributed by atoms with Crippen LogP contribution in [0.1, 0.15) is 61.8 Å². The van der Waals surface area contributed by atoms with Crippen molar-refractivity contribution >= 4 is 31.6 Å². The van der Waals surface area contributed by atoms with Crippen molar-refractivity contribution < 1.29 is 40.7 Å². The zero-order valence-corrected chi connectivity index (χ0v) is 30.0. The first-order valence-corrected chi connectivity index (χ1v) is 18.7. The van der Waals surface area contributed by atoms with E-state index in [9.17, 15) is 26.7 Å². The third-order valence-electron chi connectivity index (χ3n) is 8.33. The van der Waals surface area contributed by atoms with Crippen LogP contribution in [0, 0.1) is 19.8 Å². The lowest BCUT2D eigenvalue weighted by Crippen LogP contribution is -2.48. The fraction of sp³-hybridized carbons (Fsp3) is 0.581. The van der Waals surface area contributed by atoms with E-state index in [-0.39, 0.29) is 64.2 Å². The van der Waals surface area contributed by atoms with Crippen LogP contribution in [0.15, 0.2) is 45.2 Å². The number of nitrogens with zero attached hydrogens (tertiary/aromatic N) is 5. The van der Waals surface area contributed by atoms with Gasteiger partial charge in [0.2, 0.25) is 0 Å². The second-order valence-corrected chi connectivity index (χ2v) is 16.0. The Kier molecular flexibility index (Phi) is 11.9. The van der Waals surface area contributed by atoms with Gasteiger partial charge < -0.3 is 28.6 Å². The number of aromatic nitrogens is 3. The Balaban J connectivity index is 1.69. The smallest absolute Gasteiger partial charge is 0.267 e. The molecule has 1 amide bonds. The van der Waals surface area contributed by atoms with Gasteiger partial charge in [0.25, 0.3) is 26.0 Å². The number of imidazole rings is 1. The van der Waals surface area contributed by atoms with Gasteiger partial charge in [-0.1, -0.05) is 12.1 Å². The van der Waals surface area contributed by atoms with Crippen LogP contribution in [0.3, 0.4) is 0 Å². The van der Waals surface area contributed by atoms with Crippen molar-refractivity contribution in [2.75, 3.05) is 38.1 Å². The molecule has 0 fully saturated rings. The van der Waals surface area contributed by atoms with Crippen LogP contribution in [0.25, 0.3) is 0 Å². The number of aliphatic hydroxyl groups is 1. The van der Waals surface area contributed by atoms with Gasteiger partial charge in [0, 0.05) is 51.6 Å². The summed E-state index contributed by atoms with van der Waals surface area (Å²) in [6.45, 7) is 8.54. The van der Waals surface area contributed by atoms with Crippen LogP contribution in [0.5, 0.6) is 5.75 Å². The molecule has 2 aromatic heterocycles. The van der Waals surface area contributed by atoms with Gasteiger partial charge in [-0.2, -0.15) is 4.31 Å². The van der Waals surface area contributed by atoms with Gasteiger partial charge in [0.05, 0.1) is 36.7 Å². The van der Waals surface area contributed by atoms with Gasteiger partial charge in [-0.15, -0.1) is 0 Å². The summed E-state index contributed by atoms with van der Waals surface area (Å²) in [4.78, 5) is 19.8. The summed E-state index contributed by atoms with van der Waals surface area (Å²) >= 11 is 0. The number of benzene rings is 1. The molecule has 17 heteroatoms. The molecule has 0 radical (unpaired) electrons. The van der Waals surface area contributed by atoms with E-state index in [0.717, 1.165) is 6.42 Å². The largest absolute Gasteiger partial charge is 0.490 e. The van der Waals surface area contributed by atoms with E-state index in [0.29, 0.717) is 19.4 Å². The minimum absolute atomic E-state index is 0.000653.